The fraction of sp³-hybridized carbons (Fsp3) is 0.364. The average molecular weight is 368 g/mol. The molecule has 0 fully saturated rings. The molecule has 0 unspecified atom stereocenters. The van der Waals surface area contributed by atoms with Crippen LogP contribution in [0.2, 0.25) is 0 Å². The van der Waals surface area contributed by atoms with E-state index in [1.807, 2.05) is 37.3 Å². The second-order valence-corrected chi connectivity index (χ2v) is 7.04. The van der Waals surface area contributed by atoms with Gasteiger partial charge in [-0.1, -0.05) is 44.2 Å². The smallest absolute Gasteiger partial charge is 0.259 e. The van der Waals surface area contributed by atoms with Gasteiger partial charge in [0.05, 0.1) is 5.56 Å². The van der Waals surface area contributed by atoms with Gasteiger partial charge in [0.1, 0.15) is 5.75 Å². The second kappa shape index (κ2) is 10.4. The number of carbonyl (C=O) groups is 2. The molecule has 0 saturated heterocycles. The summed E-state index contributed by atoms with van der Waals surface area (Å²) in [6.07, 6.45) is 1.99. The van der Waals surface area contributed by atoms with E-state index in [0.29, 0.717) is 22.9 Å². The van der Waals surface area contributed by atoms with Crippen molar-refractivity contribution >= 4 is 17.5 Å². The number of benzene rings is 2. The van der Waals surface area contributed by atoms with Crippen LogP contribution in [0.3, 0.4) is 0 Å². The molecule has 5 nitrogen and oxygen atoms in total. The van der Waals surface area contributed by atoms with Gasteiger partial charge in [0.25, 0.3) is 11.8 Å². The molecule has 0 bridgehead atoms. The van der Waals surface area contributed by atoms with E-state index in [0.717, 1.165) is 12.8 Å². The van der Waals surface area contributed by atoms with Gasteiger partial charge in [-0.15, -0.1) is 0 Å². The van der Waals surface area contributed by atoms with Crippen LogP contribution in [-0.2, 0) is 4.79 Å². The molecule has 5 heteroatoms. The molecule has 0 aliphatic carbocycles. The molecule has 0 heterocycles. The summed E-state index contributed by atoms with van der Waals surface area (Å²) in [5, 5.41) is 5.76. The van der Waals surface area contributed by atoms with E-state index in [1.165, 1.54) is 0 Å². The quantitative estimate of drug-likeness (QED) is 0.695. The Hall–Kier alpha value is -2.82. The predicted molar refractivity (Wildman–Crippen MR) is 108 cm³/mol. The maximum atomic E-state index is 12.5. The molecule has 2 amide bonds. The minimum atomic E-state index is -0.275. The van der Waals surface area contributed by atoms with Crippen LogP contribution < -0.4 is 15.4 Å². The van der Waals surface area contributed by atoms with Crippen molar-refractivity contribution < 1.29 is 14.3 Å². The molecule has 1 atom stereocenters. The van der Waals surface area contributed by atoms with Crippen molar-refractivity contribution in [3.63, 3.8) is 0 Å². The summed E-state index contributed by atoms with van der Waals surface area (Å²) in [5.74, 6) is 0.526. The minimum absolute atomic E-state index is 0.0973. The Balaban J connectivity index is 1.91. The molecule has 2 N–H and O–H groups in total. The van der Waals surface area contributed by atoms with Gasteiger partial charge < -0.3 is 15.4 Å². The van der Waals surface area contributed by atoms with Gasteiger partial charge in [-0.05, 0) is 49.9 Å². The van der Waals surface area contributed by atoms with E-state index in [9.17, 15) is 9.59 Å². The summed E-state index contributed by atoms with van der Waals surface area (Å²) in [4.78, 5) is 24.6. The van der Waals surface area contributed by atoms with Crippen LogP contribution in [0.5, 0.6) is 5.75 Å². The summed E-state index contributed by atoms with van der Waals surface area (Å²) in [5.41, 5.74) is 1.09. The molecule has 0 radical (unpaired) electrons. The summed E-state index contributed by atoms with van der Waals surface area (Å²) < 4.78 is 5.61. The number of anilines is 1. The zero-order chi connectivity index (χ0) is 19.6. The lowest BCUT2D eigenvalue weighted by Gasteiger charge is -2.16. The van der Waals surface area contributed by atoms with E-state index < -0.39 is 0 Å². The molecule has 27 heavy (non-hydrogen) atoms. The van der Waals surface area contributed by atoms with Crippen molar-refractivity contribution in [1.29, 1.82) is 0 Å². The van der Waals surface area contributed by atoms with E-state index in [1.54, 1.807) is 24.3 Å². The Morgan fingerprint density at radius 1 is 0.926 bits per heavy atom. The Labute approximate surface area is 161 Å². The van der Waals surface area contributed by atoms with Gasteiger partial charge in [-0.2, -0.15) is 0 Å². The highest BCUT2D eigenvalue weighted by Crippen LogP contribution is 2.19. The molecule has 2 aromatic carbocycles. The number of amides is 2. The predicted octanol–water partition coefficient (Wildman–Crippen LogP) is 4.26. The van der Waals surface area contributed by atoms with Crippen LogP contribution in [0.15, 0.2) is 54.6 Å². The van der Waals surface area contributed by atoms with Gasteiger partial charge in [0.15, 0.2) is 6.61 Å². The SMILES string of the molecule is CC(C)CC[C@H](C)NC(=O)COc1ccccc1C(=O)Nc1ccccc1. The molecule has 0 aliphatic rings. The normalized spacial score (nSPS) is 11.7. The molecule has 2 aromatic rings. The minimum Gasteiger partial charge on any atom is -0.483 e. The highest BCUT2D eigenvalue weighted by atomic mass is 16.5. The van der Waals surface area contributed by atoms with Crippen molar-refractivity contribution in [2.75, 3.05) is 11.9 Å². The van der Waals surface area contributed by atoms with Gasteiger partial charge >= 0.3 is 0 Å². The van der Waals surface area contributed by atoms with Gasteiger partial charge in [-0.25, -0.2) is 0 Å². The third kappa shape index (κ3) is 7.13. The first-order valence-electron chi connectivity index (χ1n) is 9.33. The summed E-state index contributed by atoms with van der Waals surface area (Å²) in [6.45, 7) is 6.19. The lowest BCUT2D eigenvalue weighted by atomic mass is 10.0. The Kier molecular flexibility index (Phi) is 7.86. The number of carbonyl (C=O) groups excluding carboxylic acids is 2. The monoisotopic (exact) mass is 368 g/mol. The van der Waals surface area contributed by atoms with Crippen LogP contribution in [-0.4, -0.2) is 24.5 Å². The largest absolute Gasteiger partial charge is 0.483 e. The fourth-order valence-electron chi connectivity index (χ4n) is 2.62. The molecule has 0 saturated carbocycles. The second-order valence-electron chi connectivity index (χ2n) is 7.04. The Morgan fingerprint density at radius 3 is 2.30 bits per heavy atom. The van der Waals surface area contributed by atoms with Crippen molar-refractivity contribution in [1.82, 2.24) is 5.32 Å². The molecule has 0 aliphatic heterocycles. The Morgan fingerprint density at radius 2 is 1.59 bits per heavy atom. The van der Waals surface area contributed by atoms with E-state index in [-0.39, 0.29) is 24.5 Å². The van der Waals surface area contributed by atoms with Gasteiger partial charge in [0, 0.05) is 11.7 Å². The molecular weight excluding hydrogens is 340 g/mol. The highest BCUT2D eigenvalue weighted by Gasteiger charge is 2.14. The zero-order valence-electron chi connectivity index (χ0n) is 16.2. The summed E-state index contributed by atoms with van der Waals surface area (Å²) >= 11 is 0. The lowest BCUT2D eigenvalue weighted by Crippen LogP contribution is -2.36. The average Bonchev–Trinajstić information content (AvgIpc) is 2.65. The molecule has 0 aromatic heterocycles. The topological polar surface area (TPSA) is 67.4 Å². The van der Waals surface area contributed by atoms with Crippen molar-refractivity contribution in [2.24, 2.45) is 5.92 Å². The first kappa shape index (κ1) is 20.5. The molecule has 144 valence electrons. The summed E-state index contributed by atoms with van der Waals surface area (Å²) in [7, 11) is 0. The van der Waals surface area contributed by atoms with Crippen LogP contribution >= 0.6 is 0 Å². The van der Waals surface area contributed by atoms with Crippen molar-refractivity contribution in [2.45, 2.75) is 39.7 Å². The van der Waals surface area contributed by atoms with E-state index >= 15 is 0 Å². The maximum Gasteiger partial charge on any atom is 0.259 e. The number of hydrogen-bond donors (Lipinski definition) is 2. The third-order valence-electron chi connectivity index (χ3n) is 4.11. The fourth-order valence-corrected chi connectivity index (χ4v) is 2.62. The van der Waals surface area contributed by atoms with E-state index in [4.69, 9.17) is 4.74 Å². The lowest BCUT2D eigenvalue weighted by molar-refractivity contribution is -0.123. The van der Waals surface area contributed by atoms with Crippen LogP contribution in [0, 0.1) is 5.92 Å². The van der Waals surface area contributed by atoms with E-state index in [2.05, 4.69) is 24.5 Å². The third-order valence-corrected chi connectivity index (χ3v) is 4.11. The zero-order valence-corrected chi connectivity index (χ0v) is 16.2. The van der Waals surface area contributed by atoms with Crippen LogP contribution in [0.4, 0.5) is 5.69 Å². The number of nitrogens with one attached hydrogen (secondary N) is 2. The Bertz CT molecular complexity index is 744. The highest BCUT2D eigenvalue weighted by molar-refractivity contribution is 6.06. The van der Waals surface area contributed by atoms with Crippen molar-refractivity contribution in [3.05, 3.63) is 60.2 Å². The number of ether oxygens (including phenoxy) is 1. The standard InChI is InChI=1S/C22H28N2O3/c1-16(2)13-14-17(3)23-21(25)15-27-20-12-8-7-11-19(20)22(26)24-18-9-5-4-6-10-18/h4-12,16-17H,13-15H2,1-3H3,(H,23,25)(H,24,26)/t17-/m0/s1. The van der Waals surface area contributed by atoms with Gasteiger partial charge in [-0.3, -0.25) is 9.59 Å². The molecular formula is C22H28N2O3. The first-order valence-corrected chi connectivity index (χ1v) is 9.33. The van der Waals surface area contributed by atoms with Crippen molar-refractivity contribution in [3.8, 4) is 5.75 Å². The number of rotatable bonds is 9. The molecule has 2 rings (SSSR count). The number of hydrogen-bond acceptors (Lipinski definition) is 3. The number of para-hydroxylation sites is 2. The van der Waals surface area contributed by atoms with Crippen LogP contribution in [0.25, 0.3) is 0 Å². The van der Waals surface area contributed by atoms with Crippen LogP contribution in [0.1, 0.15) is 44.0 Å². The summed E-state index contributed by atoms with van der Waals surface area (Å²) in [6, 6.07) is 16.2. The first-order chi connectivity index (χ1) is 13.0. The molecule has 0 spiro atoms. The maximum absolute atomic E-state index is 12.5. The van der Waals surface area contributed by atoms with Gasteiger partial charge in [0.2, 0.25) is 0 Å².